The van der Waals surface area contributed by atoms with E-state index >= 15 is 0 Å². The van der Waals surface area contributed by atoms with Crippen LogP contribution in [-0.2, 0) is 0 Å². The largest absolute Gasteiger partial charge is 0.491 e. The average Bonchev–Trinajstić information content (AvgIpc) is 2.96. The quantitative estimate of drug-likeness (QED) is 0.866. The Labute approximate surface area is 149 Å². The summed E-state index contributed by atoms with van der Waals surface area (Å²) in [7, 11) is 0. The molecule has 25 heavy (non-hydrogen) atoms. The third-order valence-corrected chi connectivity index (χ3v) is 5.09. The SMILES string of the molecule is Cc1ccccc1[C@@H]1C[C@H](C)N(CCOc2ccccc2C(=O)O)C1. The third kappa shape index (κ3) is 4.02. The van der Waals surface area contributed by atoms with Gasteiger partial charge >= 0.3 is 5.97 Å². The number of carboxylic acids is 1. The molecule has 2 atom stereocenters. The summed E-state index contributed by atoms with van der Waals surface area (Å²) in [6.07, 6.45) is 1.15. The van der Waals surface area contributed by atoms with Crippen molar-refractivity contribution in [1.82, 2.24) is 4.90 Å². The van der Waals surface area contributed by atoms with Crippen molar-refractivity contribution >= 4 is 5.97 Å². The third-order valence-electron chi connectivity index (χ3n) is 5.09. The molecule has 132 valence electrons. The van der Waals surface area contributed by atoms with Crippen molar-refractivity contribution < 1.29 is 14.6 Å². The standard InChI is InChI=1S/C21H25NO3/c1-15-7-3-4-8-18(15)17-13-16(2)22(14-17)11-12-25-20-10-6-5-9-19(20)21(23)24/h3-10,16-17H,11-14H2,1-2H3,(H,23,24)/t16-,17+/m0/s1. The summed E-state index contributed by atoms with van der Waals surface area (Å²) in [5.41, 5.74) is 3.01. The van der Waals surface area contributed by atoms with E-state index in [9.17, 15) is 9.90 Å². The molecule has 1 fully saturated rings. The Bertz CT molecular complexity index is 743. The molecule has 0 radical (unpaired) electrons. The maximum absolute atomic E-state index is 11.2. The molecule has 1 saturated heterocycles. The van der Waals surface area contributed by atoms with Crippen LogP contribution >= 0.6 is 0 Å². The number of ether oxygens (including phenoxy) is 1. The van der Waals surface area contributed by atoms with Crippen molar-refractivity contribution in [2.45, 2.75) is 32.2 Å². The van der Waals surface area contributed by atoms with Crippen LogP contribution in [0.1, 0.15) is 40.7 Å². The molecule has 0 spiro atoms. The van der Waals surface area contributed by atoms with Crippen LogP contribution in [0.2, 0.25) is 0 Å². The van der Waals surface area contributed by atoms with Gasteiger partial charge in [0.2, 0.25) is 0 Å². The molecular formula is C21H25NO3. The molecule has 1 aliphatic heterocycles. The molecular weight excluding hydrogens is 314 g/mol. The van der Waals surface area contributed by atoms with Gasteiger partial charge in [-0.2, -0.15) is 0 Å². The predicted octanol–water partition coefficient (Wildman–Crippen LogP) is 3.95. The second-order valence-electron chi connectivity index (χ2n) is 6.78. The zero-order valence-corrected chi connectivity index (χ0v) is 14.8. The van der Waals surface area contributed by atoms with Crippen LogP contribution in [0.25, 0.3) is 0 Å². The van der Waals surface area contributed by atoms with Crippen molar-refractivity contribution in [2.75, 3.05) is 19.7 Å². The Morgan fingerprint density at radius 1 is 1.20 bits per heavy atom. The van der Waals surface area contributed by atoms with E-state index in [0.29, 0.717) is 24.3 Å². The van der Waals surface area contributed by atoms with E-state index in [1.807, 2.05) is 0 Å². The number of hydrogen-bond acceptors (Lipinski definition) is 3. The number of benzene rings is 2. The van der Waals surface area contributed by atoms with Gasteiger partial charge in [-0.1, -0.05) is 36.4 Å². The highest BCUT2D eigenvalue weighted by Crippen LogP contribution is 2.33. The highest BCUT2D eigenvalue weighted by molar-refractivity contribution is 5.90. The van der Waals surface area contributed by atoms with Gasteiger partial charge in [0.1, 0.15) is 17.9 Å². The maximum Gasteiger partial charge on any atom is 0.339 e. The fourth-order valence-electron chi connectivity index (χ4n) is 3.72. The van der Waals surface area contributed by atoms with E-state index in [-0.39, 0.29) is 5.56 Å². The molecule has 0 aromatic heterocycles. The molecule has 0 amide bonds. The van der Waals surface area contributed by atoms with E-state index in [1.165, 1.54) is 11.1 Å². The zero-order valence-electron chi connectivity index (χ0n) is 14.8. The number of carboxylic acid groups (broad SMARTS) is 1. The summed E-state index contributed by atoms with van der Waals surface area (Å²) < 4.78 is 5.75. The lowest BCUT2D eigenvalue weighted by molar-refractivity contribution is 0.0691. The fraction of sp³-hybridized carbons (Fsp3) is 0.381. The normalized spacial score (nSPS) is 20.6. The summed E-state index contributed by atoms with van der Waals surface area (Å²) in [6, 6.07) is 15.9. The van der Waals surface area contributed by atoms with Gasteiger partial charge in [-0.05, 0) is 49.4 Å². The van der Waals surface area contributed by atoms with Gasteiger partial charge in [-0.15, -0.1) is 0 Å². The number of nitrogens with zero attached hydrogens (tertiary/aromatic N) is 1. The lowest BCUT2D eigenvalue weighted by Gasteiger charge is -2.21. The lowest BCUT2D eigenvalue weighted by Crippen LogP contribution is -2.31. The minimum Gasteiger partial charge on any atom is -0.491 e. The highest BCUT2D eigenvalue weighted by atomic mass is 16.5. The van der Waals surface area contributed by atoms with Gasteiger partial charge in [0.15, 0.2) is 0 Å². The molecule has 4 heteroatoms. The van der Waals surface area contributed by atoms with Crippen LogP contribution in [0.5, 0.6) is 5.75 Å². The first-order valence-corrected chi connectivity index (χ1v) is 8.81. The summed E-state index contributed by atoms with van der Waals surface area (Å²) in [6.45, 7) is 6.75. The second kappa shape index (κ2) is 7.70. The van der Waals surface area contributed by atoms with Gasteiger partial charge in [0, 0.05) is 19.1 Å². The first kappa shape index (κ1) is 17.5. The Hall–Kier alpha value is -2.33. The molecule has 2 aromatic rings. The van der Waals surface area contributed by atoms with Crippen LogP contribution < -0.4 is 4.74 Å². The van der Waals surface area contributed by atoms with Crippen molar-refractivity contribution in [1.29, 1.82) is 0 Å². The molecule has 1 N–H and O–H groups in total. The van der Waals surface area contributed by atoms with Gasteiger partial charge in [-0.3, -0.25) is 4.90 Å². The fourth-order valence-corrected chi connectivity index (χ4v) is 3.72. The molecule has 0 bridgehead atoms. The van der Waals surface area contributed by atoms with E-state index in [4.69, 9.17) is 4.74 Å². The van der Waals surface area contributed by atoms with Crippen molar-refractivity contribution in [3.8, 4) is 5.75 Å². The maximum atomic E-state index is 11.2. The lowest BCUT2D eigenvalue weighted by atomic mass is 9.93. The summed E-state index contributed by atoms with van der Waals surface area (Å²) in [5, 5.41) is 9.21. The molecule has 0 unspecified atom stereocenters. The number of para-hydroxylation sites is 1. The molecule has 1 aliphatic rings. The van der Waals surface area contributed by atoms with E-state index in [1.54, 1.807) is 24.3 Å². The number of aromatic carboxylic acids is 1. The molecule has 3 rings (SSSR count). The molecule has 0 saturated carbocycles. The predicted molar refractivity (Wildman–Crippen MR) is 98.5 cm³/mol. The van der Waals surface area contributed by atoms with Gasteiger partial charge in [-0.25, -0.2) is 4.79 Å². The van der Waals surface area contributed by atoms with Crippen molar-refractivity contribution in [2.24, 2.45) is 0 Å². The van der Waals surface area contributed by atoms with Crippen LogP contribution in [0.15, 0.2) is 48.5 Å². The van der Waals surface area contributed by atoms with Crippen LogP contribution in [0.3, 0.4) is 0 Å². The van der Waals surface area contributed by atoms with Crippen molar-refractivity contribution in [3.05, 3.63) is 65.2 Å². The van der Waals surface area contributed by atoms with E-state index in [2.05, 4.69) is 43.0 Å². The Morgan fingerprint density at radius 2 is 1.92 bits per heavy atom. The van der Waals surface area contributed by atoms with Crippen molar-refractivity contribution in [3.63, 3.8) is 0 Å². The van der Waals surface area contributed by atoms with Gasteiger partial charge in [0.05, 0.1) is 0 Å². The van der Waals surface area contributed by atoms with Crippen LogP contribution in [0, 0.1) is 6.92 Å². The zero-order chi connectivity index (χ0) is 17.8. The molecule has 2 aromatic carbocycles. The van der Waals surface area contributed by atoms with E-state index in [0.717, 1.165) is 19.5 Å². The summed E-state index contributed by atoms with van der Waals surface area (Å²) in [5.74, 6) is 0.0459. The Morgan fingerprint density at radius 3 is 2.68 bits per heavy atom. The van der Waals surface area contributed by atoms with Crippen LogP contribution in [-0.4, -0.2) is 41.7 Å². The first-order chi connectivity index (χ1) is 12.1. The van der Waals surface area contributed by atoms with E-state index < -0.39 is 5.97 Å². The Balaban J connectivity index is 1.58. The molecule has 1 heterocycles. The minimum atomic E-state index is -0.954. The van der Waals surface area contributed by atoms with Gasteiger partial charge < -0.3 is 9.84 Å². The van der Waals surface area contributed by atoms with Gasteiger partial charge in [0.25, 0.3) is 0 Å². The topological polar surface area (TPSA) is 49.8 Å². The number of likely N-dealkylation sites (tertiary alicyclic amines) is 1. The highest BCUT2D eigenvalue weighted by Gasteiger charge is 2.30. The second-order valence-corrected chi connectivity index (χ2v) is 6.78. The van der Waals surface area contributed by atoms with Crippen LogP contribution in [0.4, 0.5) is 0 Å². The monoisotopic (exact) mass is 339 g/mol. The Kier molecular flexibility index (Phi) is 5.39. The number of hydrogen-bond donors (Lipinski definition) is 1. The first-order valence-electron chi connectivity index (χ1n) is 8.81. The number of carbonyl (C=O) groups is 1. The minimum absolute atomic E-state index is 0.217. The number of aryl methyl sites for hydroxylation is 1. The smallest absolute Gasteiger partial charge is 0.339 e. The average molecular weight is 339 g/mol. The summed E-state index contributed by atoms with van der Waals surface area (Å²) in [4.78, 5) is 13.7. The molecule has 4 nitrogen and oxygen atoms in total. The number of rotatable bonds is 6. The summed E-state index contributed by atoms with van der Waals surface area (Å²) >= 11 is 0. The molecule has 0 aliphatic carbocycles.